The summed E-state index contributed by atoms with van der Waals surface area (Å²) in [4.78, 5) is 0. The summed E-state index contributed by atoms with van der Waals surface area (Å²) in [6.07, 6.45) is 0. The topological polar surface area (TPSA) is 38.0 Å². The van der Waals surface area contributed by atoms with Gasteiger partial charge in [-0.15, -0.1) is 0 Å². The molecule has 0 aliphatic carbocycles. The molecule has 1 aromatic carbocycles. The van der Waals surface area contributed by atoms with E-state index in [4.69, 9.17) is 5.73 Å². The van der Waals surface area contributed by atoms with Crippen molar-refractivity contribution in [2.24, 2.45) is 5.73 Å². The lowest BCUT2D eigenvalue weighted by Crippen LogP contribution is -2.42. The van der Waals surface area contributed by atoms with E-state index < -0.39 is 0 Å². The highest BCUT2D eigenvalue weighted by Gasteiger charge is 2.35. The second-order valence-corrected chi connectivity index (χ2v) is 6.56. The zero-order valence-electron chi connectivity index (χ0n) is 11.4. The molecule has 0 aromatic heterocycles. The molecule has 1 heterocycles. The summed E-state index contributed by atoms with van der Waals surface area (Å²) >= 11 is 0. The highest BCUT2D eigenvalue weighted by atomic mass is 15.0. The quantitative estimate of drug-likeness (QED) is 0.780. The van der Waals surface area contributed by atoms with E-state index in [1.807, 2.05) is 0 Å². The number of rotatable bonds is 1. The van der Waals surface area contributed by atoms with Gasteiger partial charge in [0, 0.05) is 24.5 Å². The maximum atomic E-state index is 6.32. The minimum Gasteiger partial charge on any atom is -0.324 e. The Morgan fingerprint density at radius 2 is 1.82 bits per heavy atom. The van der Waals surface area contributed by atoms with Crippen molar-refractivity contribution >= 4 is 0 Å². The van der Waals surface area contributed by atoms with Crippen LogP contribution in [0.1, 0.15) is 44.7 Å². The van der Waals surface area contributed by atoms with Gasteiger partial charge in [-0.25, -0.2) is 0 Å². The molecule has 94 valence electrons. The van der Waals surface area contributed by atoms with Crippen LogP contribution in [0.4, 0.5) is 0 Å². The second-order valence-electron chi connectivity index (χ2n) is 6.56. The zero-order valence-corrected chi connectivity index (χ0v) is 11.4. The Labute approximate surface area is 105 Å². The fourth-order valence-electron chi connectivity index (χ4n) is 2.56. The maximum absolute atomic E-state index is 6.32. The Morgan fingerprint density at radius 3 is 2.24 bits per heavy atom. The predicted molar refractivity (Wildman–Crippen MR) is 73.3 cm³/mol. The Balaban J connectivity index is 2.24. The number of nitrogens with two attached hydrogens (primary N) is 1. The Morgan fingerprint density at radius 1 is 1.24 bits per heavy atom. The van der Waals surface area contributed by atoms with Crippen molar-refractivity contribution in [1.82, 2.24) is 5.32 Å². The van der Waals surface area contributed by atoms with Crippen LogP contribution in [0.2, 0.25) is 0 Å². The third-order valence-corrected chi connectivity index (χ3v) is 3.83. The molecule has 0 amide bonds. The van der Waals surface area contributed by atoms with E-state index in [-0.39, 0.29) is 11.0 Å². The number of hydrogen-bond donors (Lipinski definition) is 2. The molecule has 2 nitrogen and oxygen atoms in total. The van der Waals surface area contributed by atoms with E-state index >= 15 is 0 Å². The van der Waals surface area contributed by atoms with Gasteiger partial charge in [0.1, 0.15) is 0 Å². The molecule has 2 heteroatoms. The van der Waals surface area contributed by atoms with Gasteiger partial charge in [0.05, 0.1) is 0 Å². The molecule has 17 heavy (non-hydrogen) atoms. The average Bonchev–Trinajstić information content (AvgIpc) is 2.57. The second kappa shape index (κ2) is 4.11. The third kappa shape index (κ3) is 2.53. The lowest BCUT2D eigenvalue weighted by molar-refractivity contribution is 0.462. The van der Waals surface area contributed by atoms with Gasteiger partial charge in [-0.1, -0.05) is 45.0 Å². The Bertz CT molecular complexity index is 384. The first-order valence-corrected chi connectivity index (χ1v) is 6.41. The molecular weight excluding hydrogens is 208 g/mol. The number of hydrogen-bond acceptors (Lipinski definition) is 2. The normalized spacial score (nSPS) is 29.6. The minimum absolute atomic E-state index is 0.122. The molecule has 0 bridgehead atoms. The highest BCUT2D eigenvalue weighted by molar-refractivity contribution is 5.32. The molecule has 1 aliphatic heterocycles. The van der Waals surface area contributed by atoms with Gasteiger partial charge in [-0.05, 0) is 23.5 Å². The fraction of sp³-hybridized carbons (Fsp3) is 0.600. The number of benzene rings is 1. The molecular formula is C15H24N2. The summed E-state index contributed by atoms with van der Waals surface area (Å²) in [5, 5.41) is 3.38. The van der Waals surface area contributed by atoms with Crippen LogP contribution in [0.5, 0.6) is 0 Å². The first kappa shape index (κ1) is 12.6. The summed E-state index contributed by atoms with van der Waals surface area (Å²) < 4.78 is 0. The van der Waals surface area contributed by atoms with Crippen LogP contribution in [0.15, 0.2) is 24.3 Å². The molecule has 0 saturated carbocycles. The molecule has 2 rings (SSSR count). The summed E-state index contributed by atoms with van der Waals surface area (Å²) in [7, 11) is 0. The molecule has 3 N–H and O–H groups in total. The van der Waals surface area contributed by atoms with Crippen molar-refractivity contribution in [2.75, 3.05) is 13.1 Å². The van der Waals surface area contributed by atoms with Crippen molar-refractivity contribution in [2.45, 2.75) is 44.6 Å². The van der Waals surface area contributed by atoms with E-state index in [2.05, 4.69) is 57.3 Å². The van der Waals surface area contributed by atoms with Crippen molar-refractivity contribution in [3.8, 4) is 0 Å². The summed E-state index contributed by atoms with van der Waals surface area (Å²) in [5.74, 6) is 0.427. The summed E-state index contributed by atoms with van der Waals surface area (Å²) in [5.41, 5.74) is 9.15. The van der Waals surface area contributed by atoms with Crippen LogP contribution in [-0.2, 0) is 5.41 Å². The standard InChI is InChI=1S/C15H24N2/c1-14(2,3)12-7-5-11(6-8-12)13-9-17-10-15(13,4)16/h5-8,13,17H,9-10,16H2,1-4H3/t13-,15+/m0/s1. The van der Waals surface area contributed by atoms with Crippen LogP contribution in [0.3, 0.4) is 0 Å². The van der Waals surface area contributed by atoms with E-state index in [1.165, 1.54) is 11.1 Å². The highest BCUT2D eigenvalue weighted by Crippen LogP contribution is 2.31. The first-order valence-electron chi connectivity index (χ1n) is 6.41. The molecule has 1 saturated heterocycles. The molecule has 0 spiro atoms. The van der Waals surface area contributed by atoms with E-state index in [9.17, 15) is 0 Å². The fourth-order valence-corrected chi connectivity index (χ4v) is 2.56. The SMILES string of the molecule is CC(C)(C)c1ccc([C@@H]2CNC[C@@]2(C)N)cc1. The average molecular weight is 232 g/mol. The monoisotopic (exact) mass is 232 g/mol. The van der Waals surface area contributed by atoms with Gasteiger partial charge in [-0.2, -0.15) is 0 Å². The van der Waals surface area contributed by atoms with Crippen LogP contribution in [-0.4, -0.2) is 18.6 Å². The molecule has 1 aliphatic rings. The Kier molecular flexibility index (Phi) is 3.04. The van der Waals surface area contributed by atoms with Crippen LogP contribution >= 0.6 is 0 Å². The van der Waals surface area contributed by atoms with Crippen molar-refractivity contribution in [3.05, 3.63) is 35.4 Å². The van der Waals surface area contributed by atoms with E-state index in [0.717, 1.165) is 13.1 Å². The summed E-state index contributed by atoms with van der Waals surface area (Å²) in [6, 6.07) is 8.96. The van der Waals surface area contributed by atoms with Crippen molar-refractivity contribution in [3.63, 3.8) is 0 Å². The third-order valence-electron chi connectivity index (χ3n) is 3.83. The minimum atomic E-state index is -0.122. The van der Waals surface area contributed by atoms with E-state index in [1.54, 1.807) is 0 Å². The molecule has 0 unspecified atom stereocenters. The smallest absolute Gasteiger partial charge is 0.0333 e. The van der Waals surface area contributed by atoms with Gasteiger partial charge in [0.15, 0.2) is 0 Å². The zero-order chi connectivity index (χ0) is 12.7. The van der Waals surface area contributed by atoms with Gasteiger partial charge in [-0.3, -0.25) is 0 Å². The molecule has 1 fully saturated rings. The molecule has 0 radical (unpaired) electrons. The maximum Gasteiger partial charge on any atom is 0.0333 e. The molecule has 2 atom stereocenters. The lowest BCUT2D eigenvalue weighted by Gasteiger charge is -2.27. The summed E-state index contributed by atoms with van der Waals surface area (Å²) in [6.45, 7) is 10.8. The van der Waals surface area contributed by atoms with Crippen molar-refractivity contribution in [1.29, 1.82) is 0 Å². The first-order chi connectivity index (χ1) is 7.81. The predicted octanol–water partition coefficient (Wildman–Crippen LogP) is 2.39. The lowest BCUT2D eigenvalue weighted by atomic mass is 9.81. The van der Waals surface area contributed by atoms with Crippen LogP contribution in [0.25, 0.3) is 0 Å². The Hall–Kier alpha value is -0.860. The van der Waals surface area contributed by atoms with Gasteiger partial charge < -0.3 is 11.1 Å². The van der Waals surface area contributed by atoms with Crippen LogP contribution < -0.4 is 11.1 Å². The van der Waals surface area contributed by atoms with Gasteiger partial charge in [0.25, 0.3) is 0 Å². The van der Waals surface area contributed by atoms with Gasteiger partial charge >= 0.3 is 0 Å². The van der Waals surface area contributed by atoms with Crippen LogP contribution in [0, 0.1) is 0 Å². The largest absolute Gasteiger partial charge is 0.324 e. The van der Waals surface area contributed by atoms with E-state index in [0.29, 0.717) is 5.92 Å². The molecule has 1 aromatic rings. The van der Waals surface area contributed by atoms with Crippen molar-refractivity contribution < 1.29 is 0 Å². The van der Waals surface area contributed by atoms with Gasteiger partial charge in [0.2, 0.25) is 0 Å². The number of nitrogens with one attached hydrogen (secondary N) is 1.